The molecule has 0 saturated heterocycles. The van der Waals surface area contributed by atoms with E-state index in [4.69, 9.17) is 0 Å². The first kappa shape index (κ1) is 15.7. The van der Waals surface area contributed by atoms with Gasteiger partial charge in [0.05, 0.1) is 22.0 Å². The second-order valence-corrected chi connectivity index (χ2v) is 6.04. The fourth-order valence-electron chi connectivity index (χ4n) is 2.04. The summed E-state index contributed by atoms with van der Waals surface area (Å²) in [5, 5.41) is 14.9. The Labute approximate surface area is 119 Å². The molecule has 0 aliphatic rings. The topological polar surface area (TPSA) is 38.0 Å². The molecular formula is C14H25BrN2O. The predicted octanol–water partition coefficient (Wildman–Crippen LogP) is 3.42. The van der Waals surface area contributed by atoms with Crippen molar-refractivity contribution in [1.29, 1.82) is 0 Å². The first-order chi connectivity index (χ1) is 8.42. The Morgan fingerprint density at radius 2 is 1.89 bits per heavy atom. The molecule has 1 rings (SSSR count). The third-order valence-electron chi connectivity index (χ3n) is 3.76. The van der Waals surface area contributed by atoms with E-state index in [0.29, 0.717) is 18.3 Å². The molecule has 0 amide bonds. The van der Waals surface area contributed by atoms with Crippen LogP contribution >= 0.6 is 15.9 Å². The van der Waals surface area contributed by atoms with E-state index in [2.05, 4.69) is 55.6 Å². The standard InChI is InChI=1S/C14H25BrN2O/c1-6-11-14(15)12(17(7-2)16-11)8-13(18)10(5)9(3)4/h9-10,13,18H,6-8H2,1-5H3. The van der Waals surface area contributed by atoms with E-state index in [0.717, 1.165) is 28.8 Å². The van der Waals surface area contributed by atoms with Crippen LogP contribution in [-0.4, -0.2) is 21.0 Å². The number of nitrogens with zero attached hydrogens (tertiary/aromatic N) is 2. The van der Waals surface area contributed by atoms with Gasteiger partial charge < -0.3 is 5.11 Å². The first-order valence-corrected chi connectivity index (χ1v) is 7.63. The Kier molecular flexibility index (Phi) is 5.86. The van der Waals surface area contributed by atoms with Crippen molar-refractivity contribution in [3.05, 3.63) is 15.9 Å². The Hall–Kier alpha value is -0.350. The van der Waals surface area contributed by atoms with Gasteiger partial charge in [0.1, 0.15) is 0 Å². The van der Waals surface area contributed by atoms with Gasteiger partial charge in [0.15, 0.2) is 0 Å². The maximum Gasteiger partial charge on any atom is 0.0766 e. The van der Waals surface area contributed by atoms with Crippen LogP contribution in [0, 0.1) is 11.8 Å². The second-order valence-electron chi connectivity index (χ2n) is 5.25. The molecule has 0 radical (unpaired) electrons. The fourth-order valence-corrected chi connectivity index (χ4v) is 2.77. The van der Waals surface area contributed by atoms with Gasteiger partial charge in [0.2, 0.25) is 0 Å². The summed E-state index contributed by atoms with van der Waals surface area (Å²) in [5.41, 5.74) is 2.20. The molecule has 1 aromatic rings. The van der Waals surface area contributed by atoms with Crippen LogP contribution in [0.2, 0.25) is 0 Å². The lowest BCUT2D eigenvalue weighted by atomic mass is 9.90. The van der Waals surface area contributed by atoms with E-state index in [9.17, 15) is 5.11 Å². The zero-order valence-electron chi connectivity index (χ0n) is 12.1. The lowest BCUT2D eigenvalue weighted by Crippen LogP contribution is -2.26. The highest BCUT2D eigenvalue weighted by atomic mass is 79.9. The van der Waals surface area contributed by atoms with Gasteiger partial charge in [0, 0.05) is 13.0 Å². The van der Waals surface area contributed by atoms with Crippen LogP contribution in [0.5, 0.6) is 0 Å². The van der Waals surface area contributed by atoms with Crippen LogP contribution in [0.1, 0.15) is 46.0 Å². The number of aromatic nitrogens is 2. The quantitative estimate of drug-likeness (QED) is 0.873. The molecule has 18 heavy (non-hydrogen) atoms. The van der Waals surface area contributed by atoms with Crippen LogP contribution in [0.4, 0.5) is 0 Å². The molecular weight excluding hydrogens is 292 g/mol. The molecule has 0 fully saturated rings. The number of rotatable bonds is 6. The van der Waals surface area contributed by atoms with Crippen LogP contribution < -0.4 is 0 Å². The molecule has 1 aromatic heterocycles. The Morgan fingerprint density at radius 1 is 1.28 bits per heavy atom. The molecule has 0 bridgehead atoms. The summed E-state index contributed by atoms with van der Waals surface area (Å²) >= 11 is 3.62. The van der Waals surface area contributed by atoms with E-state index in [-0.39, 0.29) is 6.10 Å². The van der Waals surface area contributed by atoms with Gasteiger partial charge in [-0.1, -0.05) is 27.7 Å². The minimum absolute atomic E-state index is 0.294. The molecule has 3 nitrogen and oxygen atoms in total. The summed E-state index contributed by atoms with van der Waals surface area (Å²) in [6, 6.07) is 0. The minimum Gasteiger partial charge on any atom is -0.392 e. The lowest BCUT2D eigenvalue weighted by molar-refractivity contribution is 0.0900. The molecule has 0 aromatic carbocycles. The first-order valence-electron chi connectivity index (χ1n) is 6.84. The average Bonchev–Trinajstić information content (AvgIpc) is 2.65. The second kappa shape index (κ2) is 6.71. The predicted molar refractivity (Wildman–Crippen MR) is 78.7 cm³/mol. The van der Waals surface area contributed by atoms with Crippen molar-refractivity contribution in [3.8, 4) is 0 Å². The summed E-state index contributed by atoms with van der Waals surface area (Å²) in [5.74, 6) is 0.782. The number of hydrogen-bond acceptors (Lipinski definition) is 2. The van der Waals surface area contributed by atoms with E-state index >= 15 is 0 Å². The molecule has 0 spiro atoms. The summed E-state index contributed by atoms with van der Waals surface area (Å²) < 4.78 is 3.07. The SMILES string of the molecule is CCc1nn(CC)c(CC(O)C(C)C(C)C)c1Br. The highest BCUT2D eigenvalue weighted by Gasteiger charge is 2.22. The fraction of sp³-hybridized carbons (Fsp3) is 0.786. The summed E-state index contributed by atoms with van der Waals surface area (Å²) in [7, 11) is 0. The molecule has 1 heterocycles. The van der Waals surface area contributed by atoms with E-state index in [1.807, 2.05) is 4.68 Å². The van der Waals surface area contributed by atoms with Gasteiger partial charge in [-0.15, -0.1) is 0 Å². The van der Waals surface area contributed by atoms with Gasteiger partial charge in [-0.2, -0.15) is 5.10 Å². The Bertz CT molecular complexity index is 387. The highest BCUT2D eigenvalue weighted by Crippen LogP contribution is 2.26. The van der Waals surface area contributed by atoms with Crippen molar-refractivity contribution in [3.63, 3.8) is 0 Å². The molecule has 2 atom stereocenters. The minimum atomic E-state index is -0.312. The van der Waals surface area contributed by atoms with Gasteiger partial charge in [-0.05, 0) is 41.1 Å². The van der Waals surface area contributed by atoms with Crippen molar-refractivity contribution >= 4 is 15.9 Å². The summed E-state index contributed by atoms with van der Waals surface area (Å²) in [6.45, 7) is 11.4. The van der Waals surface area contributed by atoms with E-state index in [1.54, 1.807) is 0 Å². The summed E-state index contributed by atoms with van der Waals surface area (Å²) in [4.78, 5) is 0. The zero-order chi connectivity index (χ0) is 13.9. The molecule has 0 saturated carbocycles. The molecule has 1 N–H and O–H groups in total. The Morgan fingerprint density at radius 3 is 2.33 bits per heavy atom. The Balaban J connectivity index is 2.92. The van der Waals surface area contributed by atoms with Crippen molar-refractivity contribution in [2.24, 2.45) is 11.8 Å². The molecule has 104 valence electrons. The smallest absolute Gasteiger partial charge is 0.0766 e. The van der Waals surface area contributed by atoms with Crippen molar-refractivity contribution in [2.75, 3.05) is 0 Å². The number of aliphatic hydroxyl groups excluding tert-OH is 1. The lowest BCUT2D eigenvalue weighted by Gasteiger charge is -2.22. The van der Waals surface area contributed by atoms with Crippen LogP contribution in [0.15, 0.2) is 4.47 Å². The van der Waals surface area contributed by atoms with Crippen LogP contribution in [0.25, 0.3) is 0 Å². The maximum absolute atomic E-state index is 10.3. The summed E-state index contributed by atoms with van der Waals surface area (Å²) in [6.07, 6.45) is 1.27. The van der Waals surface area contributed by atoms with Crippen molar-refractivity contribution < 1.29 is 5.11 Å². The molecule has 0 aliphatic carbocycles. The van der Waals surface area contributed by atoms with Crippen LogP contribution in [0.3, 0.4) is 0 Å². The third-order valence-corrected chi connectivity index (χ3v) is 4.67. The van der Waals surface area contributed by atoms with Gasteiger partial charge in [0.25, 0.3) is 0 Å². The highest BCUT2D eigenvalue weighted by molar-refractivity contribution is 9.10. The van der Waals surface area contributed by atoms with Gasteiger partial charge >= 0.3 is 0 Å². The number of aliphatic hydroxyl groups is 1. The molecule has 0 aliphatic heterocycles. The zero-order valence-corrected chi connectivity index (χ0v) is 13.7. The van der Waals surface area contributed by atoms with Gasteiger partial charge in [-0.3, -0.25) is 4.68 Å². The van der Waals surface area contributed by atoms with E-state index < -0.39 is 0 Å². The third kappa shape index (κ3) is 3.35. The van der Waals surface area contributed by atoms with Crippen molar-refractivity contribution in [2.45, 2.75) is 60.1 Å². The molecule has 2 unspecified atom stereocenters. The largest absolute Gasteiger partial charge is 0.392 e. The average molecular weight is 317 g/mol. The maximum atomic E-state index is 10.3. The monoisotopic (exact) mass is 316 g/mol. The normalized spacial score (nSPS) is 15.1. The molecule has 4 heteroatoms. The van der Waals surface area contributed by atoms with Crippen molar-refractivity contribution in [1.82, 2.24) is 9.78 Å². The van der Waals surface area contributed by atoms with Crippen LogP contribution in [-0.2, 0) is 19.4 Å². The number of halogens is 1. The van der Waals surface area contributed by atoms with E-state index in [1.165, 1.54) is 0 Å². The van der Waals surface area contributed by atoms with Gasteiger partial charge in [-0.25, -0.2) is 0 Å². The number of hydrogen-bond donors (Lipinski definition) is 1. The number of aryl methyl sites for hydroxylation is 2.